The van der Waals surface area contributed by atoms with Gasteiger partial charge in [-0.1, -0.05) is 26.3 Å². The van der Waals surface area contributed by atoms with E-state index in [0.29, 0.717) is 11.7 Å². The lowest BCUT2D eigenvalue weighted by Crippen LogP contribution is -2.01. The zero-order valence-corrected chi connectivity index (χ0v) is 8.26. The molecule has 0 saturated carbocycles. The Hall–Kier alpha value is -0.590. The topological polar surface area (TPSA) is 17.1 Å². The largest absolute Gasteiger partial charge is 0.295 e. The van der Waals surface area contributed by atoms with E-state index in [1.54, 1.807) is 0 Å². The molecule has 0 radical (unpaired) electrons. The van der Waals surface area contributed by atoms with Crippen LogP contribution in [0.25, 0.3) is 0 Å². The summed E-state index contributed by atoms with van der Waals surface area (Å²) < 4.78 is 0. The van der Waals surface area contributed by atoms with Crippen molar-refractivity contribution in [1.29, 1.82) is 0 Å². The first-order valence-electron chi connectivity index (χ1n) is 4.83. The predicted octanol–water partition coefficient (Wildman–Crippen LogP) is 2.96. The fraction of sp³-hybridized carbons (Fsp3) is 0.727. The molecular weight excluding hydrogens is 148 g/mol. The molecule has 1 unspecified atom stereocenters. The third-order valence-electron chi connectivity index (χ3n) is 2.46. The summed E-state index contributed by atoms with van der Waals surface area (Å²) in [6, 6.07) is 0. The maximum atomic E-state index is 11.0. The summed E-state index contributed by atoms with van der Waals surface area (Å²) in [5, 5.41) is 0. The number of carbonyl (C=O) groups excluding carboxylic acids is 1. The third-order valence-corrected chi connectivity index (χ3v) is 2.46. The van der Waals surface area contributed by atoms with Gasteiger partial charge >= 0.3 is 0 Å². The van der Waals surface area contributed by atoms with Crippen LogP contribution in [0, 0.1) is 11.8 Å². The van der Waals surface area contributed by atoms with Crippen LogP contribution in [0.4, 0.5) is 0 Å². The van der Waals surface area contributed by atoms with Crippen molar-refractivity contribution in [3.8, 4) is 0 Å². The average molecular weight is 166 g/mol. The molecule has 1 nitrogen and oxygen atoms in total. The molecule has 1 rings (SSSR count). The van der Waals surface area contributed by atoms with Crippen LogP contribution < -0.4 is 0 Å². The smallest absolute Gasteiger partial charge is 0.155 e. The Morgan fingerprint density at radius 3 is 2.42 bits per heavy atom. The lowest BCUT2D eigenvalue weighted by molar-refractivity contribution is -0.114. The molecule has 0 heterocycles. The summed E-state index contributed by atoms with van der Waals surface area (Å²) in [7, 11) is 0. The zero-order chi connectivity index (χ0) is 9.14. The quantitative estimate of drug-likeness (QED) is 0.630. The molecule has 0 bridgehead atoms. The van der Waals surface area contributed by atoms with Gasteiger partial charge in [-0.05, 0) is 30.8 Å². The Morgan fingerprint density at radius 1 is 1.33 bits per heavy atom. The second kappa shape index (κ2) is 3.88. The van der Waals surface area contributed by atoms with E-state index in [4.69, 9.17) is 0 Å². The first kappa shape index (κ1) is 9.50. The molecule has 1 aliphatic rings. The van der Waals surface area contributed by atoms with Gasteiger partial charge in [0, 0.05) is 6.42 Å². The average Bonchev–Trinajstić information content (AvgIpc) is 2.34. The molecule has 0 aromatic rings. The molecule has 0 spiro atoms. The summed E-state index contributed by atoms with van der Waals surface area (Å²) >= 11 is 0. The SMILES string of the molecule is CC(C)CC(C)C1=CC(=O)CC1. The molecule has 0 saturated heterocycles. The lowest BCUT2D eigenvalue weighted by Gasteiger charge is -2.14. The van der Waals surface area contributed by atoms with Crippen molar-refractivity contribution in [3.05, 3.63) is 11.6 Å². The van der Waals surface area contributed by atoms with Crippen LogP contribution in [0.2, 0.25) is 0 Å². The van der Waals surface area contributed by atoms with Crippen LogP contribution in [0.3, 0.4) is 0 Å². The Kier molecular flexibility index (Phi) is 3.07. The van der Waals surface area contributed by atoms with Crippen LogP contribution in [-0.2, 0) is 4.79 Å². The number of hydrogen-bond acceptors (Lipinski definition) is 1. The van der Waals surface area contributed by atoms with Crippen LogP contribution in [-0.4, -0.2) is 5.78 Å². The van der Waals surface area contributed by atoms with Gasteiger partial charge < -0.3 is 0 Å². The summed E-state index contributed by atoms with van der Waals surface area (Å²) in [6.45, 7) is 6.69. The summed E-state index contributed by atoms with van der Waals surface area (Å²) in [6.07, 6.45) is 4.82. The minimum Gasteiger partial charge on any atom is -0.295 e. The summed E-state index contributed by atoms with van der Waals surface area (Å²) in [5.41, 5.74) is 1.37. The first-order valence-corrected chi connectivity index (χ1v) is 4.83. The molecule has 12 heavy (non-hydrogen) atoms. The first-order chi connectivity index (χ1) is 5.59. The summed E-state index contributed by atoms with van der Waals surface area (Å²) in [5.74, 6) is 1.66. The molecule has 1 atom stereocenters. The monoisotopic (exact) mass is 166 g/mol. The van der Waals surface area contributed by atoms with Gasteiger partial charge in [-0.15, -0.1) is 0 Å². The Labute approximate surface area is 74.9 Å². The molecule has 0 fully saturated rings. The summed E-state index contributed by atoms with van der Waals surface area (Å²) in [4.78, 5) is 11.0. The van der Waals surface area contributed by atoms with E-state index < -0.39 is 0 Å². The maximum Gasteiger partial charge on any atom is 0.155 e. The second-order valence-corrected chi connectivity index (χ2v) is 4.22. The Morgan fingerprint density at radius 2 is 2.00 bits per heavy atom. The zero-order valence-electron chi connectivity index (χ0n) is 8.26. The van der Waals surface area contributed by atoms with E-state index in [1.807, 2.05) is 6.08 Å². The van der Waals surface area contributed by atoms with Gasteiger partial charge in [0.15, 0.2) is 5.78 Å². The molecule has 1 aliphatic carbocycles. The van der Waals surface area contributed by atoms with E-state index in [-0.39, 0.29) is 0 Å². The van der Waals surface area contributed by atoms with Crippen LogP contribution in [0.5, 0.6) is 0 Å². The van der Waals surface area contributed by atoms with Crippen molar-refractivity contribution in [2.45, 2.75) is 40.0 Å². The van der Waals surface area contributed by atoms with Crippen LogP contribution >= 0.6 is 0 Å². The molecule has 0 aromatic heterocycles. The molecule has 68 valence electrons. The second-order valence-electron chi connectivity index (χ2n) is 4.22. The number of rotatable bonds is 3. The Balaban J connectivity index is 2.47. The minimum absolute atomic E-state index is 0.320. The van der Waals surface area contributed by atoms with Crippen LogP contribution in [0.1, 0.15) is 40.0 Å². The highest BCUT2D eigenvalue weighted by atomic mass is 16.1. The van der Waals surface area contributed by atoms with Gasteiger partial charge in [0.2, 0.25) is 0 Å². The van der Waals surface area contributed by atoms with Crippen molar-refractivity contribution in [2.24, 2.45) is 11.8 Å². The van der Waals surface area contributed by atoms with E-state index in [1.165, 1.54) is 12.0 Å². The van der Waals surface area contributed by atoms with Gasteiger partial charge in [-0.2, -0.15) is 0 Å². The fourth-order valence-corrected chi connectivity index (χ4v) is 1.87. The predicted molar refractivity (Wildman–Crippen MR) is 50.9 cm³/mol. The molecule has 0 amide bonds. The van der Waals surface area contributed by atoms with Gasteiger partial charge in [0.1, 0.15) is 0 Å². The highest BCUT2D eigenvalue weighted by Crippen LogP contribution is 2.27. The van der Waals surface area contributed by atoms with Crippen molar-refractivity contribution in [2.75, 3.05) is 0 Å². The van der Waals surface area contributed by atoms with Gasteiger partial charge in [-0.3, -0.25) is 4.79 Å². The van der Waals surface area contributed by atoms with Gasteiger partial charge in [0.05, 0.1) is 0 Å². The highest BCUT2D eigenvalue weighted by Gasteiger charge is 2.17. The molecule has 0 aromatic carbocycles. The number of ketones is 1. The number of hydrogen-bond donors (Lipinski definition) is 0. The van der Waals surface area contributed by atoms with E-state index >= 15 is 0 Å². The van der Waals surface area contributed by atoms with Gasteiger partial charge in [-0.25, -0.2) is 0 Å². The molecule has 0 aliphatic heterocycles. The fourth-order valence-electron chi connectivity index (χ4n) is 1.87. The Bertz CT molecular complexity index is 201. The molecular formula is C11H18O. The number of allylic oxidation sites excluding steroid dienone is 2. The van der Waals surface area contributed by atoms with Gasteiger partial charge in [0.25, 0.3) is 0 Å². The normalized spacial score (nSPS) is 20.0. The third kappa shape index (κ3) is 2.47. The molecule has 0 N–H and O–H groups in total. The lowest BCUT2D eigenvalue weighted by atomic mass is 9.91. The van der Waals surface area contributed by atoms with Crippen LogP contribution in [0.15, 0.2) is 11.6 Å². The molecule has 1 heteroatoms. The highest BCUT2D eigenvalue weighted by molar-refractivity contribution is 5.93. The standard InChI is InChI=1S/C11H18O/c1-8(2)6-9(3)10-4-5-11(12)7-10/h7-9H,4-6H2,1-3H3. The number of carbonyl (C=O) groups is 1. The van der Waals surface area contributed by atoms with Crippen molar-refractivity contribution in [3.63, 3.8) is 0 Å². The van der Waals surface area contributed by atoms with Crippen molar-refractivity contribution >= 4 is 5.78 Å². The van der Waals surface area contributed by atoms with E-state index in [2.05, 4.69) is 20.8 Å². The van der Waals surface area contributed by atoms with Crippen molar-refractivity contribution in [1.82, 2.24) is 0 Å². The van der Waals surface area contributed by atoms with Crippen molar-refractivity contribution < 1.29 is 4.79 Å². The minimum atomic E-state index is 0.320. The van der Waals surface area contributed by atoms with E-state index in [9.17, 15) is 4.79 Å². The van der Waals surface area contributed by atoms with E-state index in [0.717, 1.165) is 18.8 Å². The maximum absolute atomic E-state index is 11.0.